The molecule has 1 N–H and O–H groups in total. The van der Waals surface area contributed by atoms with E-state index >= 15 is 0 Å². The monoisotopic (exact) mass is 281 g/mol. The van der Waals surface area contributed by atoms with Gasteiger partial charge in [-0.05, 0) is 30.7 Å². The Balaban J connectivity index is 1.72. The minimum Gasteiger partial charge on any atom is -0.378 e. The molecule has 2 aliphatic heterocycles. The van der Waals surface area contributed by atoms with E-state index in [-0.39, 0.29) is 6.10 Å². The zero-order valence-electron chi connectivity index (χ0n) is 12.6. The van der Waals surface area contributed by atoms with Crippen molar-refractivity contribution in [2.75, 3.05) is 6.61 Å². The highest BCUT2D eigenvalue weighted by atomic mass is 16.5. The number of allylic oxidation sites excluding steroid dienone is 2. The van der Waals surface area contributed by atoms with E-state index in [4.69, 9.17) is 4.74 Å². The third-order valence-corrected chi connectivity index (χ3v) is 5.04. The molecule has 0 amide bonds. The number of fused-ring (bicyclic) bond motifs is 3. The molecule has 4 atom stereocenters. The van der Waals surface area contributed by atoms with Crippen LogP contribution in [0.25, 0.3) is 0 Å². The molecule has 4 unspecified atom stereocenters. The van der Waals surface area contributed by atoms with Crippen LogP contribution in [-0.2, 0) is 4.74 Å². The number of nitrogens with one attached hydrogen (secondary N) is 1. The normalized spacial score (nSPS) is 34.9. The molecule has 0 spiro atoms. The zero-order chi connectivity index (χ0) is 14.2. The summed E-state index contributed by atoms with van der Waals surface area (Å²) in [5, 5.41) is 3.80. The van der Waals surface area contributed by atoms with Crippen molar-refractivity contribution in [1.82, 2.24) is 5.32 Å². The zero-order valence-corrected chi connectivity index (χ0v) is 12.6. The lowest BCUT2D eigenvalue weighted by atomic mass is 9.74. The molecule has 21 heavy (non-hydrogen) atoms. The quantitative estimate of drug-likeness (QED) is 0.841. The first-order valence-corrected chi connectivity index (χ1v) is 8.18. The molecule has 1 aromatic carbocycles. The number of benzene rings is 1. The third kappa shape index (κ3) is 2.32. The second-order valence-corrected chi connectivity index (χ2v) is 6.58. The van der Waals surface area contributed by atoms with Crippen LogP contribution in [0.5, 0.6) is 0 Å². The molecular weight excluding hydrogens is 258 g/mol. The van der Waals surface area contributed by atoms with Gasteiger partial charge in [0.1, 0.15) is 0 Å². The van der Waals surface area contributed by atoms with Crippen LogP contribution in [0.2, 0.25) is 0 Å². The minimum atomic E-state index is 0.277. The Labute approximate surface area is 126 Å². The van der Waals surface area contributed by atoms with Gasteiger partial charge in [0.15, 0.2) is 0 Å². The molecule has 3 aliphatic rings. The van der Waals surface area contributed by atoms with E-state index < -0.39 is 0 Å². The maximum atomic E-state index is 6.20. The first-order valence-electron chi connectivity index (χ1n) is 8.18. The van der Waals surface area contributed by atoms with Crippen molar-refractivity contribution in [1.29, 1.82) is 0 Å². The molecule has 2 heteroatoms. The second kappa shape index (κ2) is 5.34. The summed E-state index contributed by atoms with van der Waals surface area (Å²) in [6.07, 6.45) is 8.62. The molecule has 0 radical (unpaired) electrons. The summed E-state index contributed by atoms with van der Waals surface area (Å²) in [4.78, 5) is 0. The maximum absolute atomic E-state index is 6.20. The van der Waals surface area contributed by atoms with Crippen LogP contribution >= 0.6 is 0 Å². The highest BCUT2D eigenvalue weighted by Crippen LogP contribution is 2.44. The van der Waals surface area contributed by atoms with Gasteiger partial charge >= 0.3 is 0 Å². The molecule has 4 rings (SSSR count). The van der Waals surface area contributed by atoms with Crippen LogP contribution < -0.4 is 5.32 Å². The van der Waals surface area contributed by atoms with Crippen LogP contribution in [0.4, 0.5) is 0 Å². The molecule has 0 saturated carbocycles. The molecule has 2 heterocycles. The predicted molar refractivity (Wildman–Crippen MR) is 84.7 cm³/mol. The van der Waals surface area contributed by atoms with Gasteiger partial charge in [-0.15, -0.1) is 0 Å². The fraction of sp³-hybridized carbons (Fsp3) is 0.474. The van der Waals surface area contributed by atoms with E-state index in [9.17, 15) is 0 Å². The topological polar surface area (TPSA) is 21.3 Å². The summed E-state index contributed by atoms with van der Waals surface area (Å²) < 4.78 is 6.20. The van der Waals surface area contributed by atoms with Gasteiger partial charge in [0.25, 0.3) is 0 Å². The van der Waals surface area contributed by atoms with E-state index in [0.717, 1.165) is 13.0 Å². The van der Waals surface area contributed by atoms with Crippen molar-refractivity contribution < 1.29 is 4.74 Å². The first kappa shape index (κ1) is 13.1. The van der Waals surface area contributed by atoms with E-state index in [2.05, 4.69) is 54.7 Å². The molecule has 1 aromatic rings. The Morgan fingerprint density at radius 1 is 1.19 bits per heavy atom. The lowest BCUT2D eigenvalue weighted by molar-refractivity contribution is -0.0241. The lowest BCUT2D eigenvalue weighted by Gasteiger charge is -2.46. The Morgan fingerprint density at radius 3 is 2.90 bits per heavy atom. The van der Waals surface area contributed by atoms with E-state index in [0.29, 0.717) is 17.9 Å². The molecule has 1 aliphatic carbocycles. The van der Waals surface area contributed by atoms with Crippen LogP contribution in [0.15, 0.2) is 53.8 Å². The number of piperidine rings is 1. The summed E-state index contributed by atoms with van der Waals surface area (Å²) in [6.45, 7) is 3.20. The second-order valence-electron chi connectivity index (χ2n) is 6.58. The molecule has 110 valence electrons. The average Bonchev–Trinajstić information content (AvgIpc) is 2.55. The largest absolute Gasteiger partial charge is 0.378 e. The van der Waals surface area contributed by atoms with E-state index in [1.165, 1.54) is 29.7 Å². The van der Waals surface area contributed by atoms with Gasteiger partial charge in [-0.25, -0.2) is 0 Å². The van der Waals surface area contributed by atoms with Gasteiger partial charge in [-0.3, -0.25) is 0 Å². The highest BCUT2D eigenvalue weighted by Gasteiger charge is 2.41. The SMILES string of the molecule is CC1C=C2C(=CC1)NC(c1ccccc1)C1CCCOC21. The third-order valence-electron chi connectivity index (χ3n) is 5.04. The number of hydrogen-bond acceptors (Lipinski definition) is 2. The van der Waals surface area contributed by atoms with Gasteiger partial charge < -0.3 is 10.1 Å². The standard InChI is InChI=1S/C19H23NO/c1-13-9-10-17-16(12-13)19-15(8-5-11-21-19)18(20-17)14-6-3-2-4-7-14/h2-4,6-7,10,12-13,15,18-20H,5,8-9,11H2,1H3. The first-order chi connectivity index (χ1) is 10.3. The van der Waals surface area contributed by atoms with Gasteiger partial charge in [0, 0.05) is 23.8 Å². The average molecular weight is 281 g/mol. The van der Waals surface area contributed by atoms with Crippen LogP contribution in [0.1, 0.15) is 37.8 Å². The number of ether oxygens (including phenoxy) is 1. The van der Waals surface area contributed by atoms with Gasteiger partial charge in [-0.2, -0.15) is 0 Å². The van der Waals surface area contributed by atoms with E-state index in [1.807, 2.05) is 0 Å². The Kier molecular flexibility index (Phi) is 3.34. The summed E-state index contributed by atoms with van der Waals surface area (Å²) in [5.74, 6) is 1.18. The summed E-state index contributed by atoms with van der Waals surface area (Å²) >= 11 is 0. The van der Waals surface area contributed by atoms with Crippen molar-refractivity contribution in [3.63, 3.8) is 0 Å². The fourth-order valence-electron chi connectivity index (χ4n) is 4.01. The molecular formula is C19H23NO. The van der Waals surface area contributed by atoms with Crippen molar-refractivity contribution >= 4 is 0 Å². The Morgan fingerprint density at radius 2 is 2.05 bits per heavy atom. The fourth-order valence-corrected chi connectivity index (χ4v) is 4.01. The van der Waals surface area contributed by atoms with E-state index in [1.54, 1.807) is 0 Å². The molecule has 2 fully saturated rings. The lowest BCUT2D eigenvalue weighted by Crippen LogP contribution is -2.47. The molecule has 2 nitrogen and oxygen atoms in total. The maximum Gasteiger partial charge on any atom is 0.0892 e. The van der Waals surface area contributed by atoms with Gasteiger partial charge in [-0.1, -0.05) is 49.4 Å². The van der Waals surface area contributed by atoms with Crippen LogP contribution in [0, 0.1) is 11.8 Å². The summed E-state index contributed by atoms with van der Waals surface area (Å²) in [5.41, 5.74) is 4.10. The highest BCUT2D eigenvalue weighted by molar-refractivity contribution is 5.42. The Bertz CT molecular complexity index is 574. The Hall–Kier alpha value is -1.54. The minimum absolute atomic E-state index is 0.277. The van der Waals surface area contributed by atoms with Crippen molar-refractivity contribution in [3.8, 4) is 0 Å². The predicted octanol–water partition coefficient (Wildman–Crippen LogP) is 3.98. The van der Waals surface area contributed by atoms with Crippen molar-refractivity contribution in [3.05, 3.63) is 59.3 Å². The molecule has 2 saturated heterocycles. The van der Waals surface area contributed by atoms with Crippen LogP contribution in [0.3, 0.4) is 0 Å². The number of hydrogen-bond donors (Lipinski definition) is 1. The number of rotatable bonds is 1. The van der Waals surface area contributed by atoms with Crippen molar-refractivity contribution in [2.24, 2.45) is 11.8 Å². The molecule has 0 aromatic heterocycles. The smallest absolute Gasteiger partial charge is 0.0892 e. The summed E-state index contributed by atoms with van der Waals surface area (Å²) in [6, 6.07) is 11.2. The van der Waals surface area contributed by atoms with Crippen molar-refractivity contribution in [2.45, 2.75) is 38.3 Å². The molecule has 0 bridgehead atoms. The van der Waals surface area contributed by atoms with Gasteiger partial charge in [0.2, 0.25) is 0 Å². The summed E-state index contributed by atoms with van der Waals surface area (Å²) in [7, 11) is 0. The van der Waals surface area contributed by atoms with Crippen LogP contribution in [-0.4, -0.2) is 12.7 Å². The van der Waals surface area contributed by atoms with Gasteiger partial charge in [0.05, 0.1) is 12.1 Å².